The molecule has 0 aromatic heterocycles. The second-order valence-electron chi connectivity index (χ2n) is 3.46. The van der Waals surface area contributed by atoms with Crippen LogP contribution in [-0.4, -0.2) is 12.2 Å². The zero-order chi connectivity index (χ0) is 10.1. The molecule has 0 spiro atoms. The molecule has 0 amide bonds. The lowest BCUT2D eigenvalue weighted by molar-refractivity contribution is 0.0678. The number of aryl methyl sites for hydroxylation is 1. The van der Waals surface area contributed by atoms with E-state index in [4.69, 9.17) is 0 Å². The van der Waals surface area contributed by atoms with Crippen molar-refractivity contribution >= 4 is 5.78 Å². The maximum Gasteiger partial charge on any atom is 0.300 e. The summed E-state index contributed by atoms with van der Waals surface area (Å²) < 4.78 is 24.5. The minimum atomic E-state index is -2.89. The molecule has 0 atom stereocenters. The highest BCUT2D eigenvalue weighted by atomic mass is 19.3. The Balaban J connectivity index is 2.44. The van der Waals surface area contributed by atoms with Crippen molar-refractivity contribution in [3.8, 4) is 0 Å². The fourth-order valence-corrected chi connectivity index (χ4v) is 1.97. The quantitative estimate of drug-likeness (QED) is 0.664. The first kappa shape index (κ1) is 9.31. The number of hydrogen-bond acceptors (Lipinski definition) is 1. The van der Waals surface area contributed by atoms with Crippen LogP contribution in [0, 0.1) is 0 Å². The maximum absolute atomic E-state index is 12.2. The number of Topliss-reactive ketones (excluding diaryl/α,β-unsaturated/α-hetero) is 1. The smallest absolute Gasteiger partial charge is 0.288 e. The zero-order valence-electron chi connectivity index (χ0n) is 7.59. The van der Waals surface area contributed by atoms with Gasteiger partial charge in [0.2, 0.25) is 5.78 Å². The van der Waals surface area contributed by atoms with Crippen LogP contribution in [0.4, 0.5) is 8.78 Å². The number of rotatable bonds is 2. The zero-order valence-corrected chi connectivity index (χ0v) is 7.59. The SMILES string of the molecule is O=C(c1cccc2c1CCC2)C(F)F. The number of alkyl halides is 2. The number of fused-ring (bicyclic) bond motifs is 1. The summed E-state index contributed by atoms with van der Waals surface area (Å²) in [5.74, 6) is -1.04. The molecule has 0 saturated heterocycles. The molecule has 0 radical (unpaired) electrons. The van der Waals surface area contributed by atoms with E-state index in [9.17, 15) is 13.6 Å². The highest BCUT2D eigenvalue weighted by molar-refractivity contribution is 6.00. The van der Waals surface area contributed by atoms with Crippen LogP contribution in [0.2, 0.25) is 0 Å². The molecule has 0 fully saturated rings. The second-order valence-corrected chi connectivity index (χ2v) is 3.46. The van der Waals surface area contributed by atoms with Gasteiger partial charge < -0.3 is 0 Å². The summed E-state index contributed by atoms with van der Waals surface area (Å²) in [4.78, 5) is 11.2. The molecule has 0 N–H and O–H groups in total. The van der Waals surface area contributed by atoms with Gasteiger partial charge in [-0.15, -0.1) is 0 Å². The summed E-state index contributed by atoms with van der Waals surface area (Å²) in [5.41, 5.74) is 2.10. The average Bonchev–Trinajstić information content (AvgIpc) is 2.63. The number of ketones is 1. The summed E-state index contributed by atoms with van der Waals surface area (Å²) in [5, 5.41) is 0. The summed E-state index contributed by atoms with van der Waals surface area (Å²) in [6.45, 7) is 0. The van der Waals surface area contributed by atoms with Crippen molar-refractivity contribution in [2.24, 2.45) is 0 Å². The number of carbonyl (C=O) groups excluding carboxylic acids is 1. The van der Waals surface area contributed by atoms with Crippen molar-refractivity contribution < 1.29 is 13.6 Å². The Morgan fingerprint density at radius 3 is 2.79 bits per heavy atom. The Hall–Kier alpha value is -1.25. The van der Waals surface area contributed by atoms with Crippen LogP contribution < -0.4 is 0 Å². The Kier molecular flexibility index (Phi) is 2.32. The van der Waals surface area contributed by atoms with Crippen LogP contribution in [0.15, 0.2) is 18.2 Å². The van der Waals surface area contributed by atoms with Gasteiger partial charge in [0.25, 0.3) is 0 Å². The summed E-state index contributed by atoms with van der Waals surface area (Å²) in [7, 11) is 0. The maximum atomic E-state index is 12.2. The highest BCUT2D eigenvalue weighted by Gasteiger charge is 2.23. The van der Waals surface area contributed by atoms with Crippen LogP contribution in [0.5, 0.6) is 0 Å². The standard InChI is InChI=1S/C11H10F2O/c12-11(13)10(14)9-6-2-4-7-3-1-5-8(7)9/h2,4,6,11H,1,3,5H2. The third kappa shape index (κ3) is 1.43. The van der Waals surface area contributed by atoms with Gasteiger partial charge in [-0.2, -0.15) is 0 Å². The van der Waals surface area contributed by atoms with Crippen LogP contribution in [0.1, 0.15) is 27.9 Å². The van der Waals surface area contributed by atoms with Gasteiger partial charge in [-0.25, -0.2) is 8.78 Å². The first-order chi connectivity index (χ1) is 6.70. The monoisotopic (exact) mass is 196 g/mol. The van der Waals surface area contributed by atoms with E-state index in [0.717, 1.165) is 30.4 Å². The average molecular weight is 196 g/mol. The van der Waals surface area contributed by atoms with Crippen molar-refractivity contribution in [1.82, 2.24) is 0 Å². The predicted octanol–water partition coefficient (Wildman–Crippen LogP) is 2.62. The molecule has 1 aromatic rings. The molecule has 2 rings (SSSR count). The lowest BCUT2D eigenvalue weighted by Gasteiger charge is -2.06. The third-order valence-electron chi connectivity index (χ3n) is 2.61. The molecule has 3 heteroatoms. The molecule has 0 heterocycles. The van der Waals surface area contributed by atoms with Crippen LogP contribution in [0.25, 0.3) is 0 Å². The molecular weight excluding hydrogens is 186 g/mol. The minimum absolute atomic E-state index is 0.218. The first-order valence-electron chi connectivity index (χ1n) is 4.63. The molecule has 0 saturated carbocycles. The van der Waals surface area contributed by atoms with Gasteiger partial charge in [0, 0.05) is 5.56 Å². The van der Waals surface area contributed by atoms with Crippen molar-refractivity contribution in [3.05, 3.63) is 34.9 Å². The van der Waals surface area contributed by atoms with E-state index in [2.05, 4.69) is 0 Å². The lowest BCUT2D eigenvalue weighted by atomic mass is 10.0. The summed E-state index contributed by atoms with van der Waals surface area (Å²) in [6.07, 6.45) is -0.269. The van der Waals surface area contributed by atoms with E-state index in [1.807, 2.05) is 6.07 Å². The minimum Gasteiger partial charge on any atom is -0.288 e. The molecular formula is C11H10F2O. The molecule has 0 aliphatic heterocycles. The molecule has 1 aromatic carbocycles. The molecule has 0 unspecified atom stereocenters. The molecule has 1 aliphatic carbocycles. The number of benzene rings is 1. The molecule has 14 heavy (non-hydrogen) atoms. The Morgan fingerprint density at radius 1 is 1.29 bits per heavy atom. The van der Waals surface area contributed by atoms with E-state index in [1.165, 1.54) is 6.07 Å². The second kappa shape index (κ2) is 3.48. The number of halogens is 2. The van der Waals surface area contributed by atoms with Gasteiger partial charge in [0.1, 0.15) is 0 Å². The fourth-order valence-electron chi connectivity index (χ4n) is 1.97. The predicted molar refractivity (Wildman–Crippen MR) is 48.8 cm³/mol. The van der Waals surface area contributed by atoms with Crippen molar-refractivity contribution in [2.75, 3.05) is 0 Å². The topological polar surface area (TPSA) is 17.1 Å². The van der Waals surface area contributed by atoms with E-state index >= 15 is 0 Å². The number of carbonyl (C=O) groups is 1. The molecule has 0 bridgehead atoms. The third-order valence-corrected chi connectivity index (χ3v) is 2.61. The fraction of sp³-hybridized carbons (Fsp3) is 0.364. The molecule has 74 valence electrons. The van der Waals surface area contributed by atoms with Crippen LogP contribution in [0.3, 0.4) is 0 Å². The Morgan fingerprint density at radius 2 is 2.07 bits per heavy atom. The number of hydrogen-bond donors (Lipinski definition) is 0. The largest absolute Gasteiger partial charge is 0.300 e. The lowest BCUT2D eigenvalue weighted by Crippen LogP contribution is -2.12. The molecule has 1 aliphatic rings. The Labute approximate surface area is 80.7 Å². The van der Waals surface area contributed by atoms with E-state index in [0.29, 0.717) is 0 Å². The van der Waals surface area contributed by atoms with Crippen molar-refractivity contribution in [2.45, 2.75) is 25.7 Å². The van der Waals surface area contributed by atoms with Gasteiger partial charge in [-0.1, -0.05) is 18.2 Å². The van der Waals surface area contributed by atoms with Gasteiger partial charge in [-0.3, -0.25) is 4.79 Å². The van der Waals surface area contributed by atoms with Crippen molar-refractivity contribution in [3.63, 3.8) is 0 Å². The summed E-state index contributed by atoms with van der Waals surface area (Å²) in [6, 6.07) is 5.09. The Bertz CT molecular complexity index is 372. The summed E-state index contributed by atoms with van der Waals surface area (Å²) >= 11 is 0. The highest BCUT2D eigenvalue weighted by Crippen LogP contribution is 2.26. The van der Waals surface area contributed by atoms with Gasteiger partial charge in [-0.05, 0) is 30.4 Å². The van der Waals surface area contributed by atoms with E-state index in [1.54, 1.807) is 6.07 Å². The van der Waals surface area contributed by atoms with Crippen LogP contribution >= 0.6 is 0 Å². The van der Waals surface area contributed by atoms with Gasteiger partial charge in [0.15, 0.2) is 0 Å². The van der Waals surface area contributed by atoms with E-state index < -0.39 is 12.2 Å². The first-order valence-corrected chi connectivity index (χ1v) is 4.63. The normalized spacial score (nSPS) is 14.5. The van der Waals surface area contributed by atoms with Gasteiger partial charge >= 0.3 is 6.43 Å². The van der Waals surface area contributed by atoms with Crippen LogP contribution in [-0.2, 0) is 12.8 Å². The van der Waals surface area contributed by atoms with Crippen molar-refractivity contribution in [1.29, 1.82) is 0 Å². The van der Waals surface area contributed by atoms with E-state index in [-0.39, 0.29) is 5.56 Å². The van der Waals surface area contributed by atoms with Gasteiger partial charge in [0.05, 0.1) is 0 Å². The molecule has 1 nitrogen and oxygen atoms in total.